The molecule has 1 aliphatic carbocycles. The van der Waals surface area contributed by atoms with E-state index in [9.17, 15) is 18.0 Å². The lowest BCUT2D eigenvalue weighted by Crippen LogP contribution is -2.43. The number of amides is 2. The van der Waals surface area contributed by atoms with Crippen molar-refractivity contribution in [2.75, 3.05) is 0 Å². The number of aromatic nitrogens is 3. The molecular formula is C15H22F3N5O. The van der Waals surface area contributed by atoms with Crippen LogP contribution < -0.4 is 10.6 Å². The van der Waals surface area contributed by atoms with E-state index in [1.165, 1.54) is 11.0 Å². The number of nitrogens with zero attached hydrogens (tertiary/aromatic N) is 3. The summed E-state index contributed by atoms with van der Waals surface area (Å²) in [5.41, 5.74) is 0. The van der Waals surface area contributed by atoms with E-state index in [1.807, 2.05) is 0 Å². The highest BCUT2D eigenvalue weighted by Crippen LogP contribution is 2.34. The molecule has 1 fully saturated rings. The first-order valence-corrected chi connectivity index (χ1v) is 8.45. The van der Waals surface area contributed by atoms with E-state index in [0.29, 0.717) is 11.6 Å². The highest BCUT2D eigenvalue weighted by Gasteiger charge is 2.42. The number of fused-ring (bicyclic) bond motifs is 1. The van der Waals surface area contributed by atoms with Crippen LogP contribution in [0.4, 0.5) is 18.0 Å². The molecule has 0 spiro atoms. The van der Waals surface area contributed by atoms with Crippen LogP contribution in [-0.2, 0) is 19.5 Å². The first kappa shape index (κ1) is 17.0. The molecule has 134 valence electrons. The molecule has 1 aromatic heterocycles. The zero-order chi connectivity index (χ0) is 17.2. The Morgan fingerprint density at radius 1 is 1.17 bits per heavy atom. The highest BCUT2D eigenvalue weighted by molar-refractivity contribution is 5.74. The maximum Gasteiger partial charge on any atom is 0.393 e. The number of rotatable bonds is 3. The fourth-order valence-electron chi connectivity index (χ4n) is 3.42. The molecule has 24 heavy (non-hydrogen) atoms. The first-order valence-electron chi connectivity index (χ1n) is 8.45. The van der Waals surface area contributed by atoms with E-state index >= 15 is 0 Å². The van der Waals surface area contributed by atoms with E-state index in [-0.39, 0.29) is 38.0 Å². The number of aryl methyl sites for hydroxylation is 1. The van der Waals surface area contributed by atoms with E-state index in [0.717, 1.165) is 25.7 Å². The second-order valence-electron chi connectivity index (χ2n) is 6.58. The Morgan fingerprint density at radius 3 is 2.62 bits per heavy atom. The summed E-state index contributed by atoms with van der Waals surface area (Å²) in [5.74, 6) is -0.450. The Labute approximate surface area is 138 Å². The largest absolute Gasteiger partial charge is 0.393 e. The van der Waals surface area contributed by atoms with Crippen LogP contribution in [0.25, 0.3) is 0 Å². The summed E-state index contributed by atoms with van der Waals surface area (Å²) in [5, 5.41) is 13.5. The quantitative estimate of drug-likeness (QED) is 0.884. The fourth-order valence-corrected chi connectivity index (χ4v) is 3.42. The number of carbonyl (C=O) groups is 1. The molecule has 2 amide bonds. The number of carbonyl (C=O) groups excluding carboxylic acids is 1. The van der Waals surface area contributed by atoms with Crippen LogP contribution >= 0.6 is 0 Å². The monoisotopic (exact) mass is 345 g/mol. The van der Waals surface area contributed by atoms with Crippen molar-refractivity contribution < 1.29 is 18.0 Å². The van der Waals surface area contributed by atoms with Gasteiger partial charge in [0.1, 0.15) is 5.82 Å². The van der Waals surface area contributed by atoms with Gasteiger partial charge in [-0.2, -0.15) is 13.2 Å². The van der Waals surface area contributed by atoms with Crippen molar-refractivity contribution in [2.24, 2.45) is 5.92 Å². The van der Waals surface area contributed by atoms with Gasteiger partial charge in [0.15, 0.2) is 5.82 Å². The van der Waals surface area contributed by atoms with Crippen molar-refractivity contribution >= 4 is 6.03 Å². The molecule has 1 aromatic rings. The fraction of sp³-hybridized carbons (Fsp3) is 0.800. The average Bonchev–Trinajstić information content (AvgIpc) is 2.95. The second-order valence-corrected chi connectivity index (χ2v) is 6.58. The summed E-state index contributed by atoms with van der Waals surface area (Å²) in [6.07, 6.45) is 1.45. The van der Waals surface area contributed by atoms with E-state index in [4.69, 9.17) is 0 Å². The summed E-state index contributed by atoms with van der Waals surface area (Å²) < 4.78 is 40.2. The molecular weight excluding hydrogens is 323 g/mol. The third kappa shape index (κ3) is 3.99. The normalized spacial score (nSPS) is 22.0. The van der Waals surface area contributed by atoms with Crippen molar-refractivity contribution in [3.8, 4) is 0 Å². The third-order valence-corrected chi connectivity index (χ3v) is 4.83. The van der Waals surface area contributed by atoms with Crippen LogP contribution in [0.15, 0.2) is 0 Å². The molecule has 0 saturated heterocycles. The number of hydrogen-bond acceptors (Lipinski definition) is 3. The average molecular weight is 345 g/mol. The van der Waals surface area contributed by atoms with Gasteiger partial charge >= 0.3 is 12.2 Å². The molecule has 0 radical (unpaired) electrons. The second kappa shape index (κ2) is 6.98. The lowest BCUT2D eigenvalue weighted by atomic mass is 9.96. The van der Waals surface area contributed by atoms with E-state index < -0.39 is 12.1 Å². The van der Waals surface area contributed by atoms with Gasteiger partial charge in [-0.1, -0.05) is 19.3 Å². The van der Waals surface area contributed by atoms with Gasteiger partial charge in [0.2, 0.25) is 0 Å². The summed E-state index contributed by atoms with van der Waals surface area (Å²) in [6, 6.07) is -0.122. The van der Waals surface area contributed by atoms with Gasteiger partial charge in [-0.3, -0.25) is 0 Å². The molecule has 1 saturated carbocycles. The summed E-state index contributed by atoms with van der Waals surface area (Å²) in [4.78, 5) is 11.9. The molecule has 2 aliphatic rings. The molecule has 3 rings (SSSR count). The van der Waals surface area contributed by atoms with Gasteiger partial charge in [0, 0.05) is 19.0 Å². The Bertz CT molecular complexity index is 580. The predicted octanol–water partition coefficient (Wildman–Crippen LogP) is 2.53. The molecule has 0 bridgehead atoms. The molecule has 0 aromatic carbocycles. The zero-order valence-electron chi connectivity index (χ0n) is 13.4. The number of halogens is 3. The standard InChI is InChI=1S/C15H22F3N5O/c16-15(17,18)10-6-7-12-21-22-13(23(12)9-10)8-19-14(24)20-11-4-2-1-3-5-11/h10-11H,1-9H2,(H2,19,20,24)/t10-/m1/s1. The van der Waals surface area contributed by atoms with Gasteiger partial charge in [-0.25, -0.2) is 4.79 Å². The number of alkyl halides is 3. The first-order chi connectivity index (χ1) is 11.4. The van der Waals surface area contributed by atoms with Crippen molar-refractivity contribution in [2.45, 2.75) is 70.3 Å². The van der Waals surface area contributed by atoms with Crippen LogP contribution in [-0.4, -0.2) is 33.0 Å². The molecule has 9 heteroatoms. The van der Waals surface area contributed by atoms with Gasteiger partial charge in [0.05, 0.1) is 12.5 Å². The molecule has 1 aliphatic heterocycles. The predicted molar refractivity (Wildman–Crippen MR) is 80.1 cm³/mol. The number of nitrogens with one attached hydrogen (secondary N) is 2. The van der Waals surface area contributed by atoms with Crippen LogP contribution in [0.3, 0.4) is 0 Å². The Hall–Kier alpha value is -1.80. The zero-order valence-corrected chi connectivity index (χ0v) is 13.4. The van der Waals surface area contributed by atoms with Crippen molar-refractivity contribution in [3.05, 3.63) is 11.6 Å². The Morgan fingerprint density at radius 2 is 1.92 bits per heavy atom. The Balaban J connectivity index is 1.55. The number of hydrogen-bond donors (Lipinski definition) is 2. The van der Waals surface area contributed by atoms with Crippen LogP contribution in [0.5, 0.6) is 0 Å². The summed E-state index contributed by atoms with van der Waals surface area (Å²) >= 11 is 0. The maximum atomic E-state index is 12.9. The minimum atomic E-state index is -4.22. The van der Waals surface area contributed by atoms with Crippen molar-refractivity contribution in [1.29, 1.82) is 0 Å². The number of urea groups is 1. The Kier molecular flexibility index (Phi) is 4.96. The minimum Gasteiger partial charge on any atom is -0.335 e. The van der Waals surface area contributed by atoms with Gasteiger partial charge in [-0.15, -0.1) is 10.2 Å². The van der Waals surface area contributed by atoms with E-state index in [2.05, 4.69) is 20.8 Å². The summed E-state index contributed by atoms with van der Waals surface area (Å²) in [6.45, 7) is -0.0940. The van der Waals surface area contributed by atoms with Gasteiger partial charge < -0.3 is 15.2 Å². The molecule has 2 N–H and O–H groups in total. The van der Waals surface area contributed by atoms with Crippen LogP contribution in [0.2, 0.25) is 0 Å². The smallest absolute Gasteiger partial charge is 0.335 e. The van der Waals surface area contributed by atoms with Crippen LogP contribution in [0.1, 0.15) is 50.2 Å². The van der Waals surface area contributed by atoms with Gasteiger partial charge in [0.25, 0.3) is 0 Å². The maximum absolute atomic E-state index is 12.9. The lowest BCUT2D eigenvalue weighted by Gasteiger charge is -2.26. The van der Waals surface area contributed by atoms with Crippen molar-refractivity contribution in [1.82, 2.24) is 25.4 Å². The molecule has 6 nitrogen and oxygen atoms in total. The SMILES string of the molecule is O=C(NCc1nnc2n1C[C@H](C(F)(F)F)CC2)NC1CCCCC1. The lowest BCUT2D eigenvalue weighted by molar-refractivity contribution is -0.182. The topological polar surface area (TPSA) is 71.8 Å². The summed E-state index contributed by atoms with van der Waals surface area (Å²) in [7, 11) is 0. The van der Waals surface area contributed by atoms with Gasteiger partial charge in [-0.05, 0) is 19.3 Å². The molecule has 0 unspecified atom stereocenters. The minimum absolute atomic E-state index is 0.0389. The highest BCUT2D eigenvalue weighted by atomic mass is 19.4. The molecule has 2 heterocycles. The van der Waals surface area contributed by atoms with Crippen molar-refractivity contribution in [3.63, 3.8) is 0 Å². The third-order valence-electron chi connectivity index (χ3n) is 4.83. The molecule has 1 atom stereocenters. The van der Waals surface area contributed by atoms with E-state index in [1.54, 1.807) is 0 Å². The van der Waals surface area contributed by atoms with Crippen LogP contribution in [0, 0.1) is 5.92 Å².